The second-order valence-corrected chi connectivity index (χ2v) is 6.98. The van der Waals surface area contributed by atoms with Crippen molar-refractivity contribution in [3.05, 3.63) is 52.2 Å². The fourth-order valence-corrected chi connectivity index (χ4v) is 3.90. The monoisotopic (exact) mass is 329 g/mol. The number of carbonyl (C=O) groups excluding carboxylic acids is 1. The molecule has 1 aliphatic rings. The summed E-state index contributed by atoms with van der Waals surface area (Å²) in [6, 6.07) is 12.0. The van der Waals surface area contributed by atoms with E-state index in [2.05, 4.69) is 27.7 Å². The highest BCUT2D eigenvalue weighted by molar-refractivity contribution is 7.10. The molecule has 2 heterocycles. The van der Waals surface area contributed by atoms with Crippen LogP contribution in [0.2, 0.25) is 0 Å². The van der Waals surface area contributed by atoms with Crippen molar-refractivity contribution in [3.8, 4) is 0 Å². The largest absolute Gasteiger partial charge is 0.399 e. The molecule has 1 amide bonds. The summed E-state index contributed by atoms with van der Waals surface area (Å²) in [7, 11) is 0. The predicted octanol–water partition coefficient (Wildman–Crippen LogP) is 2.83. The van der Waals surface area contributed by atoms with Crippen LogP contribution in [0.5, 0.6) is 0 Å². The van der Waals surface area contributed by atoms with Crippen LogP contribution in [0.3, 0.4) is 0 Å². The minimum atomic E-state index is 0.0653. The van der Waals surface area contributed by atoms with Crippen molar-refractivity contribution in [2.24, 2.45) is 0 Å². The number of rotatable bonds is 6. The Labute approximate surface area is 141 Å². The van der Waals surface area contributed by atoms with Crippen molar-refractivity contribution < 1.29 is 4.79 Å². The van der Waals surface area contributed by atoms with Gasteiger partial charge in [-0.25, -0.2) is 0 Å². The number of likely N-dealkylation sites (tertiary alicyclic amines) is 1. The zero-order chi connectivity index (χ0) is 16.1. The molecule has 1 fully saturated rings. The van der Waals surface area contributed by atoms with Crippen LogP contribution in [-0.4, -0.2) is 30.4 Å². The summed E-state index contributed by atoms with van der Waals surface area (Å²) in [5.41, 5.74) is 7.39. The van der Waals surface area contributed by atoms with Crippen molar-refractivity contribution in [2.45, 2.75) is 25.3 Å². The van der Waals surface area contributed by atoms with Gasteiger partial charge in [0.15, 0.2) is 0 Å². The Morgan fingerprint density at radius 1 is 1.22 bits per heavy atom. The average molecular weight is 329 g/mol. The van der Waals surface area contributed by atoms with E-state index in [1.54, 1.807) is 11.3 Å². The van der Waals surface area contributed by atoms with Gasteiger partial charge in [0.1, 0.15) is 0 Å². The van der Waals surface area contributed by atoms with E-state index in [0.29, 0.717) is 19.0 Å². The molecule has 2 aromatic rings. The highest BCUT2D eigenvalue weighted by Gasteiger charge is 2.24. The number of hydrogen-bond acceptors (Lipinski definition) is 4. The molecule has 1 aliphatic heterocycles. The lowest BCUT2D eigenvalue weighted by molar-refractivity contribution is -0.120. The van der Waals surface area contributed by atoms with Crippen LogP contribution < -0.4 is 11.1 Å². The summed E-state index contributed by atoms with van der Waals surface area (Å²) < 4.78 is 0. The SMILES string of the molecule is Nc1ccc(CC(=O)NCC(c2cccs2)N2CCCC2)cc1. The number of carbonyl (C=O) groups is 1. The van der Waals surface area contributed by atoms with E-state index in [-0.39, 0.29) is 5.91 Å². The number of anilines is 1. The van der Waals surface area contributed by atoms with Gasteiger partial charge < -0.3 is 11.1 Å². The first-order valence-electron chi connectivity index (χ1n) is 8.11. The molecule has 3 rings (SSSR count). The number of thiophene rings is 1. The Hall–Kier alpha value is -1.85. The Morgan fingerprint density at radius 2 is 1.96 bits per heavy atom. The molecule has 1 aromatic heterocycles. The molecule has 0 saturated carbocycles. The van der Waals surface area contributed by atoms with Crippen LogP contribution in [0.15, 0.2) is 41.8 Å². The molecule has 5 heteroatoms. The van der Waals surface area contributed by atoms with Crippen LogP contribution in [0.1, 0.15) is 29.3 Å². The van der Waals surface area contributed by atoms with Gasteiger partial charge in [-0.05, 0) is 55.1 Å². The third-order valence-corrected chi connectivity index (χ3v) is 5.26. The van der Waals surface area contributed by atoms with Crippen molar-refractivity contribution >= 4 is 22.9 Å². The van der Waals surface area contributed by atoms with Gasteiger partial charge in [-0.1, -0.05) is 18.2 Å². The lowest BCUT2D eigenvalue weighted by Crippen LogP contribution is -2.37. The van der Waals surface area contributed by atoms with Crippen molar-refractivity contribution in [2.75, 3.05) is 25.4 Å². The standard InChI is InChI=1S/C18H23N3OS/c19-15-7-5-14(6-8-15)12-18(22)20-13-16(17-4-3-11-23-17)21-9-1-2-10-21/h3-8,11,16H,1-2,9-10,12-13,19H2,(H,20,22). The first-order valence-corrected chi connectivity index (χ1v) is 8.99. The van der Waals surface area contributed by atoms with Crippen LogP contribution in [0.25, 0.3) is 0 Å². The fourth-order valence-electron chi connectivity index (χ4n) is 3.04. The minimum Gasteiger partial charge on any atom is -0.399 e. The number of benzene rings is 1. The Balaban J connectivity index is 1.57. The Kier molecular flexibility index (Phi) is 5.31. The molecule has 1 saturated heterocycles. The second-order valence-electron chi connectivity index (χ2n) is 6.00. The Bertz CT molecular complexity index is 618. The molecule has 0 spiro atoms. The van der Waals surface area contributed by atoms with Gasteiger partial charge >= 0.3 is 0 Å². The molecule has 0 aliphatic carbocycles. The van der Waals surface area contributed by atoms with Gasteiger partial charge in [0.2, 0.25) is 5.91 Å². The van der Waals surface area contributed by atoms with Crippen molar-refractivity contribution in [1.82, 2.24) is 10.2 Å². The van der Waals surface area contributed by atoms with Crippen LogP contribution >= 0.6 is 11.3 Å². The summed E-state index contributed by atoms with van der Waals surface area (Å²) in [4.78, 5) is 16.0. The normalized spacial score (nSPS) is 16.3. The van der Waals surface area contributed by atoms with E-state index in [9.17, 15) is 4.79 Å². The molecule has 3 N–H and O–H groups in total. The van der Waals surface area contributed by atoms with Gasteiger partial charge in [0.25, 0.3) is 0 Å². The quantitative estimate of drug-likeness (QED) is 0.801. The van der Waals surface area contributed by atoms with E-state index in [0.717, 1.165) is 24.3 Å². The lowest BCUT2D eigenvalue weighted by atomic mass is 10.1. The van der Waals surface area contributed by atoms with Crippen LogP contribution in [0, 0.1) is 0 Å². The minimum absolute atomic E-state index is 0.0653. The molecular formula is C18H23N3OS. The van der Waals surface area contributed by atoms with Gasteiger partial charge in [0, 0.05) is 17.1 Å². The van der Waals surface area contributed by atoms with Gasteiger partial charge in [-0.15, -0.1) is 11.3 Å². The third kappa shape index (κ3) is 4.33. The van der Waals surface area contributed by atoms with E-state index in [1.165, 1.54) is 17.7 Å². The van der Waals surface area contributed by atoms with E-state index < -0.39 is 0 Å². The molecule has 23 heavy (non-hydrogen) atoms. The first-order chi connectivity index (χ1) is 11.2. The highest BCUT2D eigenvalue weighted by atomic mass is 32.1. The Morgan fingerprint density at radius 3 is 2.61 bits per heavy atom. The van der Waals surface area contributed by atoms with Crippen LogP contribution in [0.4, 0.5) is 5.69 Å². The first kappa shape index (κ1) is 16.0. The van der Waals surface area contributed by atoms with Gasteiger partial charge in [0.05, 0.1) is 12.5 Å². The number of nitrogens with one attached hydrogen (secondary N) is 1. The molecule has 4 nitrogen and oxygen atoms in total. The number of amides is 1. The predicted molar refractivity (Wildman–Crippen MR) is 95.4 cm³/mol. The fraction of sp³-hybridized carbons (Fsp3) is 0.389. The van der Waals surface area contributed by atoms with Crippen molar-refractivity contribution in [3.63, 3.8) is 0 Å². The summed E-state index contributed by atoms with van der Waals surface area (Å²) in [5, 5.41) is 5.21. The highest BCUT2D eigenvalue weighted by Crippen LogP contribution is 2.27. The molecule has 122 valence electrons. The molecular weight excluding hydrogens is 306 g/mol. The summed E-state index contributed by atoms with van der Waals surface area (Å²) >= 11 is 1.77. The maximum absolute atomic E-state index is 12.2. The molecule has 0 bridgehead atoms. The summed E-state index contributed by atoms with van der Waals surface area (Å²) in [6.07, 6.45) is 2.90. The zero-order valence-corrected chi connectivity index (χ0v) is 14.0. The van der Waals surface area contributed by atoms with E-state index in [4.69, 9.17) is 5.73 Å². The average Bonchev–Trinajstić information content (AvgIpc) is 3.24. The molecule has 0 radical (unpaired) electrons. The topological polar surface area (TPSA) is 58.4 Å². The molecule has 1 unspecified atom stereocenters. The number of nitrogens with two attached hydrogens (primary N) is 1. The smallest absolute Gasteiger partial charge is 0.224 e. The molecule has 1 atom stereocenters. The second kappa shape index (κ2) is 7.62. The summed E-state index contributed by atoms with van der Waals surface area (Å²) in [6.45, 7) is 2.92. The number of nitrogens with zero attached hydrogens (tertiary/aromatic N) is 1. The van der Waals surface area contributed by atoms with Gasteiger partial charge in [-0.2, -0.15) is 0 Å². The lowest BCUT2D eigenvalue weighted by Gasteiger charge is -2.27. The maximum Gasteiger partial charge on any atom is 0.224 e. The van der Waals surface area contributed by atoms with Crippen LogP contribution in [-0.2, 0) is 11.2 Å². The number of hydrogen-bond donors (Lipinski definition) is 2. The van der Waals surface area contributed by atoms with Crippen molar-refractivity contribution in [1.29, 1.82) is 0 Å². The zero-order valence-electron chi connectivity index (χ0n) is 13.2. The summed E-state index contributed by atoms with van der Waals surface area (Å²) in [5.74, 6) is 0.0653. The maximum atomic E-state index is 12.2. The van der Waals surface area contributed by atoms with E-state index in [1.807, 2.05) is 24.3 Å². The van der Waals surface area contributed by atoms with E-state index >= 15 is 0 Å². The molecule has 1 aromatic carbocycles. The third-order valence-electron chi connectivity index (χ3n) is 4.29. The number of nitrogen functional groups attached to an aromatic ring is 1. The van der Waals surface area contributed by atoms with Gasteiger partial charge in [-0.3, -0.25) is 9.69 Å².